The molecule has 1 heterocycles. The molecule has 1 fully saturated rings. The van der Waals surface area contributed by atoms with E-state index in [-0.39, 0.29) is 12.7 Å². The van der Waals surface area contributed by atoms with Gasteiger partial charge in [0.1, 0.15) is 6.10 Å². The normalized spacial score (nSPS) is 26.3. The molecule has 0 amide bonds. The number of hydrogen-bond acceptors (Lipinski definition) is 5. The van der Waals surface area contributed by atoms with Crippen molar-refractivity contribution in [3.05, 3.63) is 12.2 Å². The second-order valence-electron chi connectivity index (χ2n) is 7.60. The Bertz CT molecular complexity index is 360. The van der Waals surface area contributed by atoms with E-state index < -0.39 is 24.4 Å². The summed E-state index contributed by atoms with van der Waals surface area (Å²) in [5, 5.41) is 38.9. The SMILES string of the molecule is CCCCCCCCCCC(O)C(O)C/C=C/C1CCC(O)C(CO)O1. The van der Waals surface area contributed by atoms with Gasteiger partial charge in [0.15, 0.2) is 0 Å². The van der Waals surface area contributed by atoms with E-state index in [1.807, 2.05) is 12.2 Å². The summed E-state index contributed by atoms with van der Waals surface area (Å²) >= 11 is 0. The van der Waals surface area contributed by atoms with Crippen LogP contribution >= 0.6 is 0 Å². The summed E-state index contributed by atoms with van der Waals surface area (Å²) in [6.45, 7) is 2.03. The van der Waals surface area contributed by atoms with Crippen molar-refractivity contribution < 1.29 is 25.2 Å². The molecule has 0 radical (unpaired) electrons. The van der Waals surface area contributed by atoms with E-state index in [1.54, 1.807) is 0 Å². The van der Waals surface area contributed by atoms with E-state index in [4.69, 9.17) is 9.84 Å². The zero-order valence-corrected chi connectivity index (χ0v) is 16.4. The van der Waals surface area contributed by atoms with Crippen LogP contribution in [0.4, 0.5) is 0 Å². The number of aliphatic hydroxyl groups excluding tert-OH is 4. The fraction of sp³-hybridized carbons (Fsp3) is 0.905. The van der Waals surface area contributed by atoms with E-state index >= 15 is 0 Å². The lowest BCUT2D eigenvalue weighted by Gasteiger charge is -2.31. The van der Waals surface area contributed by atoms with Crippen molar-refractivity contribution in [2.45, 2.75) is 114 Å². The summed E-state index contributed by atoms with van der Waals surface area (Å²) in [7, 11) is 0. The zero-order valence-electron chi connectivity index (χ0n) is 16.4. The van der Waals surface area contributed by atoms with Gasteiger partial charge in [-0.2, -0.15) is 0 Å². The summed E-state index contributed by atoms with van der Waals surface area (Å²) in [6.07, 6.45) is 13.1. The van der Waals surface area contributed by atoms with E-state index in [0.717, 1.165) is 12.8 Å². The molecule has 0 spiro atoms. The Kier molecular flexibility index (Phi) is 13.2. The highest BCUT2D eigenvalue weighted by Gasteiger charge is 2.27. The van der Waals surface area contributed by atoms with Gasteiger partial charge in [-0.25, -0.2) is 0 Å². The molecule has 0 aromatic heterocycles. The summed E-state index contributed by atoms with van der Waals surface area (Å²) in [5.41, 5.74) is 0. The quantitative estimate of drug-likeness (QED) is 0.278. The van der Waals surface area contributed by atoms with Gasteiger partial charge < -0.3 is 25.2 Å². The van der Waals surface area contributed by atoms with Crippen LogP contribution in [-0.4, -0.2) is 57.6 Å². The van der Waals surface area contributed by atoms with Crippen LogP contribution in [0, 0.1) is 0 Å². The maximum atomic E-state index is 10.1. The van der Waals surface area contributed by atoms with Gasteiger partial charge in [-0.1, -0.05) is 70.4 Å². The Morgan fingerprint density at radius 1 is 0.962 bits per heavy atom. The van der Waals surface area contributed by atoms with Crippen molar-refractivity contribution in [3.8, 4) is 0 Å². The van der Waals surface area contributed by atoms with Crippen molar-refractivity contribution in [2.75, 3.05) is 6.61 Å². The molecular formula is C21H40O5. The van der Waals surface area contributed by atoms with Crippen LogP contribution in [0.1, 0.15) is 84.0 Å². The van der Waals surface area contributed by atoms with Gasteiger partial charge in [0.25, 0.3) is 0 Å². The predicted octanol–water partition coefficient (Wildman–Crippen LogP) is 3.09. The molecule has 5 nitrogen and oxygen atoms in total. The van der Waals surface area contributed by atoms with Crippen molar-refractivity contribution in [1.82, 2.24) is 0 Å². The molecule has 4 N–H and O–H groups in total. The topological polar surface area (TPSA) is 90.2 Å². The summed E-state index contributed by atoms with van der Waals surface area (Å²) in [4.78, 5) is 0. The van der Waals surface area contributed by atoms with Gasteiger partial charge in [-0.3, -0.25) is 0 Å². The lowest BCUT2D eigenvalue weighted by atomic mass is 9.99. The third-order valence-corrected chi connectivity index (χ3v) is 5.23. The van der Waals surface area contributed by atoms with Crippen LogP contribution in [0.5, 0.6) is 0 Å². The Hall–Kier alpha value is -0.460. The molecule has 154 valence electrons. The fourth-order valence-corrected chi connectivity index (χ4v) is 3.42. The standard InChI is InChI=1S/C21H40O5/c1-2-3-4-5-6-7-8-9-12-18(23)19(24)13-10-11-17-14-15-20(25)21(16-22)26-17/h10-11,17-25H,2-9,12-16H2,1H3/b11-10+. The highest BCUT2D eigenvalue weighted by Crippen LogP contribution is 2.21. The van der Waals surface area contributed by atoms with E-state index in [2.05, 4.69) is 6.92 Å². The van der Waals surface area contributed by atoms with Gasteiger partial charge in [0, 0.05) is 0 Å². The molecule has 1 rings (SSSR count). The third-order valence-electron chi connectivity index (χ3n) is 5.23. The smallest absolute Gasteiger partial charge is 0.107 e. The second kappa shape index (κ2) is 14.6. The molecule has 5 unspecified atom stereocenters. The Morgan fingerprint density at radius 2 is 1.62 bits per heavy atom. The molecule has 1 aliphatic heterocycles. The number of hydrogen-bond donors (Lipinski definition) is 4. The van der Waals surface area contributed by atoms with Crippen molar-refractivity contribution in [2.24, 2.45) is 0 Å². The minimum atomic E-state index is -0.751. The predicted molar refractivity (Wildman–Crippen MR) is 104 cm³/mol. The molecule has 0 aromatic rings. The number of aliphatic hydroxyl groups is 4. The molecule has 1 saturated heterocycles. The molecule has 5 atom stereocenters. The second-order valence-corrected chi connectivity index (χ2v) is 7.60. The minimum absolute atomic E-state index is 0.146. The third kappa shape index (κ3) is 10.0. The molecule has 0 saturated carbocycles. The molecule has 1 aliphatic rings. The van der Waals surface area contributed by atoms with Gasteiger partial charge >= 0.3 is 0 Å². The highest BCUT2D eigenvalue weighted by molar-refractivity contribution is 4.95. The monoisotopic (exact) mass is 372 g/mol. The van der Waals surface area contributed by atoms with Gasteiger partial charge in [-0.05, 0) is 25.7 Å². The maximum absolute atomic E-state index is 10.1. The lowest BCUT2D eigenvalue weighted by molar-refractivity contribution is -0.118. The summed E-state index contributed by atoms with van der Waals surface area (Å²) in [6, 6.07) is 0. The molecule has 0 aromatic carbocycles. The number of unbranched alkanes of at least 4 members (excludes halogenated alkanes) is 7. The van der Waals surface area contributed by atoms with Crippen LogP contribution in [0.3, 0.4) is 0 Å². The maximum Gasteiger partial charge on any atom is 0.107 e. The Balaban J connectivity index is 2.09. The first-order chi connectivity index (χ1) is 12.6. The largest absolute Gasteiger partial charge is 0.394 e. The first-order valence-electron chi connectivity index (χ1n) is 10.6. The number of ether oxygens (including phenoxy) is 1. The van der Waals surface area contributed by atoms with Crippen LogP contribution in [0.2, 0.25) is 0 Å². The minimum Gasteiger partial charge on any atom is -0.394 e. The highest BCUT2D eigenvalue weighted by atomic mass is 16.5. The first kappa shape index (κ1) is 23.6. The first-order valence-corrected chi connectivity index (χ1v) is 10.6. The lowest BCUT2D eigenvalue weighted by Crippen LogP contribution is -2.40. The summed E-state index contributed by atoms with van der Waals surface area (Å²) in [5.74, 6) is 0. The van der Waals surface area contributed by atoms with E-state index in [9.17, 15) is 15.3 Å². The molecule has 26 heavy (non-hydrogen) atoms. The van der Waals surface area contributed by atoms with Gasteiger partial charge in [0.2, 0.25) is 0 Å². The Morgan fingerprint density at radius 3 is 2.27 bits per heavy atom. The van der Waals surface area contributed by atoms with Crippen LogP contribution in [0.15, 0.2) is 12.2 Å². The van der Waals surface area contributed by atoms with Gasteiger partial charge in [0.05, 0.1) is 31.0 Å². The Labute approximate surface area is 159 Å². The average molecular weight is 373 g/mol. The summed E-state index contributed by atoms with van der Waals surface area (Å²) < 4.78 is 5.59. The van der Waals surface area contributed by atoms with E-state index in [1.165, 1.54) is 38.5 Å². The molecule has 5 heteroatoms. The van der Waals surface area contributed by atoms with Crippen LogP contribution < -0.4 is 0 Å². The molecule has 0 bridgehead atoms. The number of rotatable bonds is 14. The fourth-order valence-electron chi connectivity index (χ4n) is 3.42. The zero-order chi connectivity index (χ0) is 19.2. The van der Waals surface area contributed by atoms with Gasteiger partial charge in [-0.15, -0.1) is 0 Å². The average Bonchev–Trinajstić information content (AvgIpc) is 2.64. The van der Waals surface area contributed by atoms with Crippen molar-refractivity contribution in [1.29, 1.82) is 0 Å². The van der Waals surface area contributed by atoms with Crippen LogP contribution in [0.25, 0.3) is 0 Å². The van der Waals surface area contributed by atoms with Crippen molar-refractivity contribution >= 4 is 0 Å². The van der Waals surface area contributed by atoms with Crippen molar-refractivity contribution in [3.63, 3.8) is 0 Å². The van der Waals surface area contributed by atoms with Crippen LogP contribution in [-0.2, 0) is 4.74 Å². The molecular weight excluding hydrogens is 332 g/mol. The molecule has 0 aliphatic carbocycles. The van der Waals surface area contributed by atoms with E-state index in [0.29, 0.717) is 25.7 Å².